The number of carbonyl (C=O) groups excluding carboxylic acids is 1. The monoisotopic (exact) mass is 363 g/mol. The van der Waals surface area contributed by atoms with Crippen molar-refractivity contribution in [2.45, 2.75) is 30.7 Å². The van der Waals surface area contributed by atoms with Crippen molar-refractivity contribution in [3.05, 3.63) is 66.6 Å². The highest BCUT2D eigenvalue weighted by atomic mass is 32.2. The molecule has 4 rings (SSSR count). The van der Waals surface area contributed by atoms with Crippen molar-refractivity contribution in [2.75, 3.05) is 11.1 Å². The van der Waals surface area contributed by atoms with E-state index in [1.165, 1.54) is 4.90 Å². The fourth-order valence-corrected chi connectivity index (χ4v) is 4.12. The van der Waals surface area contributed by atoms with Gasteiger partial charge < -0.3 is 9.88 Å². The van der Waals surface area contributed by atoms with Crippen LogP contribution in [0.3, 0.4) is 0 Å². The van der Waals surface area contributed by atoms with Gasteiger partial charge in [-0.2, -0.15) is 0 Å². The van der Waals surface area contributed by atoms with Gasteiger partial charge in [-0.05, 0) is 30.7 Å². The summed E-state index contributed by atoms with van der Waals surface area (Å²) >= 11 is 1.70. The largest absolute Gasteiger partial charge is 0.328 e. The van der Waals surface area contributed by atoms with E-state index in [4.69, 9.17) is 0 Å². The first kappa shape index (κ1) is 16.9. The van der Waals surface area contributed by atoms with Crippen LogP contribution in [0.5, 0.6) is 0 Å². The fraction of sp³-hybridized carbons (Fsp3) is 0.238. The molecule has 0 saturated heterocycles. The zero-order chi connectivity index (χ0) is 17.8. The Balaban J connectivity index is 1.37. The normalized spacial score (nSPS) is 12.8. The number of anilines is 1. The minimum absolute atomic E-state index is 0.0455. The van der Waals surface area contributed by atoms with Crippen LogP contribution in [0.25, 0.3) is 11.3 Å². The van der Waals surface area contributed by atoms with Gasteiger partial charge in [-0.15, -0.1) is 11.8 Å². The molecule has 0 saturated carbocycles. The summed E-state index contributed by atoms with van der Waals surface area (Å²) in [5.74, 6) is 1.97. The Labute approximate surface area is 157 Å². The Kier molecular flexibility index (Phi) is 5.07. The SMILES string of the molecule is O=C(CCSc1ccccc1)Nc1cccc(-c2cnc3n2CCC3)c1. The van der Waals surface area contributed by atoms with Crippen LogP contribution in [0.2, 0.25) is 0 Å². The second kappa shape index (κ2) is 7.79. The van der Waals surface area contributed by atoms with Gasteiger partial charge >= 0.3 is 0 Å². The summed E-state index contributed by atoms with van der Waals surface area (Å²) in [5, 5.41) is 3.02. The van der Waals surface area contributed by atoms with Gasteiger partial charge in [0.2, 0.25) is 5.91 Å². The van der Waals surface area contributed by atoms with Gasteiger partial charge in [0.1, 0.15) is 5.82 Å². The molecule has 5 heteroatoms. The Morgan fingerprint density at radius 1 is 1.15 bits per heavy atom. The number of amides is 1. The third kappa shape index (κ3) is 3.83. The average molecular weight is 363 g/mol. The third-order valence-corrected chi connectivity index (χ3v) is 5.52. The lowest BCUT2D eigenvalue weighted by atomic mass is 10.1. The molecule has 3 aromatic rings. The zero-order valence-corrected chi connectivity index (χ0v) is 15.3. The molecule has 2 heterocycles. The Hall–Kier alpha value is -2.53. The number of imidazole rings is 1. The van der Waals surface area contributed by atoms with Crippen LogP contribution in [0.15, 0.2) is 65.7 Å². The molecule has 1 aliphatic rings. The number of hydrogen-bond donors (Lipinski definition) is 1. The zero-order valence-electron chi connectivity index (χ0n) is 14.5. The van der Waals surface area contributed by atoms with E-state index in [0.29, 0.717) is 6.42 Å². The van der Waals surface area contributed by atoms with E-state index in [1.54, 1.807) is 11.8 Å². The number of hydrogen-bond acceptors (Lipinski definition) is 3. The van der Waals surface area contributed by atoms with E-state index in [-0.39, 0.29) is 5.91 Å². The number of benzene rings is 2. The van der Waals surface area contributed by atoms with E-state index < -0.39 is 0 Å². The number of fused-ring (bicyclic) bond motifs is 1. The van der Waals surface area contributed by atoms with Gasteiger partial charge in [-0.25, -0.2) is 4.98 Å². The maximum Gasteiger partial charge on any atom is 0.225 e. The van der Waals surface area contributed by atoms with Crippen LogP contribution < -0.4 is 5.32 Å². The second-order valence-electron chi connectivity index (χ2n) is 6.36. The second-order valence-corrected chi connectivity index (χ2v) is 7.52. The maximum atomic E-state index is 12.2. The van der Waals surface area contributed by atoms with Crippen molar-refractivity contribution < 1.29 is 4.79 Å². The van der Waals surface area contributed by atoms with Gasteiger partial charge in [0.15, 0.2) is 0 Å². The quantitative estimate of drug-likeness (QED) is 0.650. The molecule has 0 aliphatic carbocycles. The number of nitrogens with zero attached hydrogens (tertiary/aromatic N) is 2. The summed E-state index contributed by atoms with van der Waals surface area (Å²) in [4.78, 5) is 17.9. The van der Waals surface area contributed by atoms with E-state index in [0.717, 1.165) is 47.9 Å². The minimum Gasteiger partial charge on any atom is -0.328 e. The molecule has 0 radical (unpaired) electrons. The van der Waals surface area contributed by atoms with E-state index >= 15 is 0 Å². The minimum atomic E-state index is 0.0455. The summed E-state index contributed by atoms with van der Waals surface area (Å²) in [5.41, 5.74) is 3.07. The van der Waals surface area contributed by atoms with Crippen molar-refractivity contribution >= 4 is 23.4 Å². The summed E-state index contributed by atoms with van der Waals surface area (Å²) in [6.45, 7) is 1.03. The molecular formula is C21H21N3OS. The molecule has 0 unspecified atom stereocenters. The molecule has 2 aromatic carbocycles. The van der Waals surface area contributed by atoms with E-state index in [1.807, 2.05) is 42.6 Å². The van der Waals surface area contributed by atoms with E-state index in [2.05, 4.69) is 33.1 Å². The molecule has 0 atom stereocenters. The van der Waals surface area contributed by atoms with Crippen molar-refractivity contribution in [1.82, 2.24) is 9.55 Å². The predicted molar refractivity (Wildman–Crippen MR) is 106 cm³/mol. The first-order valence-corrected chi connectivity index (χ1v) is 9.91. The lowest BCUT2D eigenvalue weighted by molar-refractivity contribution is -0.115. The lowest BCUT2D eigenvalue weighted by Gasteiger charge is -2.09. The topological polar surface area (TPSA) is 46.9 Å². The molecule has 132 valence electrons. The summed E-state index contributed by atoms with van der Waals surface area (Å²) in [7, 11) is 0. The maximum absolute atomic E-state index is 12.2. The van der Waals surface area contributed by atoms with Crippen LogP contribution >= 0.6 is 11.8 Å². The van der Waals surface area contributed by atoms with Crippen LogP contribution in [-0.4, -0.2) is 21.2 Å². The van der Waals surface area contributed by atoms with Crippen molar-refractivity contribution in [3.8, 4) is 11.3 Å². The summed E-state index contributed by atoms with van der Waals surface area (Å²) in [6.07, 6.45) is 4.64. The first-order chi connectivity index (χ1) is 12.8. The molecule has 0 spiro atoms. The molecule has 1 N–H and O–H groups in total. The first-order valence-electron chi connectivity index (χ1n) is 8.92. The van der Waals surface area contributed by atoms with Crippen LogP contribution in [0.4, 0.5) is 5.69 Å². The number of thioether (sulfide) groups is 1. The van der Waals surface area contributed by atoms with Gasteiger partial charge in [-0.3, -0.25) is 4.79 Å². The molecular weight excluding hydrogens is 342 g/mol. The third-order valence-electron chi connectivity index (χ3n) is 4.50. The molecule has 26 heavy (non-hydrogen) atoms. The van der Waals surface area contributed by atoms with Crippen LogP contribution in [0, 0.1) is 0 Å². The highest BCUT2D eigenvalue weighted by molar-refractivity contribution is 7.99. The standard InChI is InChI=1S/C21H21N3OS/c25-21(11-13-26-18-8-2-1-3-9-18)23-17-7-4-6-16(14-17)19-15-22-20-10-5-12-24(19)20/h1-4,6-9,14-15H,5,10-13H2,(H,23,25). The smallest absolute Gasteiger partial charge is 0.225 e. The number of aryl methyl sites for hydroxylation is 1. The summed E-state index contributed by atoms with van der Waals surface area (Å²) in [6, 6.07) is 18.2. The van der Waals surface area contributed by atoms with Gasteiger partial charge in [-0.1, -0.05) is 30.3 Å². The highest BCUT2D eigenvalue weighted by Crippen LogP contribution is 2.27. The number of nitrogens with one attached hydrogen (secondary N) is 1. The number of carbonyl (C=O) groups is 1. The molecule has 1 aliphatic heterocycles. The van der Waals surface area contributed by atoms with Crippen LogP contribution in [-0.2, 0) is 17.8 Å². The van der Waals surface area contributed by atoms with Gasteiger partial charge in [0, 0.05) is 41.3 Å². The van der Waals surface area contributed by atoms with Crippen molar-refractivity contribution in [3.63, 3.8) is 0 Å². The van der Waals surface area contributed by atoms with E-state index in [9.17, 15) is 4.79 Å². The Morgan fingerprint density at radius 2 is 2.04 bits per heavy atom. The van der Waals surface area contributed by atoms with Gasteiger partial charge in [0.25, 0.3) is 0 Å². The number of aromatic nitrogens is 2. The van der Waals surface area contributed by atoms with Crippen LogP contribution in [0.1, 0.15) is 18.7 Å². The fourth-order valence-electron chi connectivity index (χ4n) is 3.25. The Morgan fingerprint density at radius 3 is 2.92 bits per heavy atom. The molecule has 0 fully saturated rings. The molecule has 0 bridgehead atoms. The highest BCUT2D eigenvalue weighted by Gasteiger charge is 2.16. The summed E-state index contributed by atoms with van der Waals surface area (Å²) < 4.78 is 2.28. The van der Waals surface area contributed by atoms with Gasteiger partial charge in [0.05, 0.1) is 11.9 Å². The number of rotatable bonds is 6. The van der Waals surface area contributed by atoms with Crippen molar-refractivity contribution in [2.24, 2.45) is 0 Å². The Bertz CT molecular complexity index is 905. The molecule has 4 nitrogen and oxygen atoms in total. The average Bonchev–Trinajstić information content (AvgIpc) is 3.26. The van der Waals surface area contributed by atoms with Crippen molar-refractivity contribution in [1.29, 1.82) is 0 Å². The lowest BCUT2D eigenvalue weighted by Crippen LogP contribution is -2.12. The molecule has 1 aromatic heterocycles. The predicted octanol–water partition coefficient (Wildman–Crippen LogP) is 4.62. The molecule has 1 amide bonds.